The molecule has 0 fully saturated rings. The van der Waals surface area contributed by atoms with Crippen molar-refractivity contribution < 1.29 is 8.78 Å². The van der Waals surface area contributed by atoms with E-state index in [1.807, 2.05) is 6.07 Å². The lowest BCUT2D eigenvalue weighted by atomic mass is 10.1. The smallest absolute Gasteiger partial charge is 0.227 e. The lowest BCUT2D eigenvalue weighted by Gasteiger charge is -2.07. The molecule has 7 heteroatoms. The second-order valence-electron chi connectivity index (χ2n) is 4.28. The summed E-state index contributed by atoms with van der Waals surface area (Å²) in [6.45, 7) is 0. The van der Waals surface area contributed by atoms with E-state index in [0.29, 0.717) is 16.3 Å². The molecule has 0 spiro atoms. The van der Waals surface area contributed by atoms with Crippen LogP contribution in [-0.4, -0.2) is 14.6 Å². The highest BCUT2D eigenvalue weighted by molar-refractivity contribution is 6.30. The van der Waals surface area contributed by atoms with Crippen molar-refractivity contribution in [1.29, 1.82) is 5.26 Å². The average molecular weight is 305 g/mol. The van der Waals surface area contributed by atoms with Crippen LogP contribution in [0.3, 0.4) is 0 Å². The number of benzene rings is 1. The second kappa shape index (κ2) is 5.11. The molecule has 0 bridgehead atoms. The van der Waals surface area contributed by atoms with Crippen molar-refractivity contribution in [3.05, 3.63) is 52.8 Å². The SMILES string of the molecule is N#Cc1cnn2c(C(F)F)cc(-c3ccc(Cl)cc3)nc12. The summed E-state index contributed by atoms with van der Waals surface area (Å²) >= 11 is 5.81. The van der Waals surface area contributed by atoms with Crippen LogP contribution in [-0.2, 0) is 0 Å². The first-order valence-corrected chi connectivity index (χ1v) is 6.31. The van der Waals surface area contributed by atoms with E-state index >= 15 is 0 Å². The van der Waals surface area contributed by atoms with Gasteiger partial charge in [0.25, 0.3) is 6.43 Å². The topological polar surface area (TPSA) is 54.0 Å². The van der Waals surface area contributed by atoms with Gasteiger partial charge in [-0.25, -0.2) is 18.3 Å². The Balaban J connectivity index is 2.28. The Kier molecular flexibility index (Phi) is 3.28. The Morgan fingerprint density at radius 2 is 1.95 bits per heavy atom. The lowest BCUT2D eigenvalue weighted by molar-refractivity contribution is 0.143. The highest BCUT2D eigenvalue weighted by Gasteiger charge is 2.18. The van der Waals surface area contributed by atoms with Crippen molar-refractivity contribution >= 4 is 17.2 Å². The number of hydrogen-bond donors (Lipinski definition) is 0. The molecule has 0 aliphatic heterocycles. The first kappa shape index (κ1) is 13.5. The molecule has 1 aromatic carbocycles. The maximum absolute atomic E-state index is 13.2. The van der Waals surface area contributed by atoms with Crippen molar-refractivity contribution in [2.45, 2.75) is 6.43 Å². The first-order valence-electron chi connectivity index (χ1n) is 5.93. The molecule has 0 atom stereocenters. The molecule has 0 N–H and O–H groups in total. The second-order valence-corrected chi connectivity index (χ2v) is 4.72. The van der Waals surface area contributed by atoms with Crippen molar-refractivity contribution in [3.8, 4) is 17.3 Å². The number of rotatable bonds is 2. The molecule has 0 amide bonds. The van der Waals surface area contributed by atoms with Crippen molar-refractivity contribution in [1.82, 2.24) is 14.6 Å². The third-order valence-electron chi connectivity index (χ3n) is 2.98. The normalized spacial score (nSPS) is 11.0. The van der Waals surface area contributed by atoms with Crippen molar-refractivity contribution in [3.63, 3.8) is 0 Å². The number of halogens is 3. The van der Waals surface area contributed by atoms with Crippen LogP contribution in [0.2, 0.25) is 5.02 Å². The Bertz CT molecular complexity index is 850. The minimum atomic E-state index is -2.73. The summed E-state index contributed by atoms with van der Waals surface area (Å²) in [4.78, 5) is 4.25. The predicted molar refractivity (Wildman–Crippen MR) is 73.1 cm³/mol. The van der Waals surface area contributed by atoms with Gasteiger partial charge in [-0.15, -0.1) is 0 Å². The third-order valence-corrected chi connectivity index (χ3v) is 3.24. The highest BCUT2D eigenvalue weighted by Crippen LogP contribution is 2.27. The minimum Gasteiger partial charge on any atom is -0.227 e. The summed E-state index contributed by atoms with van der Waals surface area (Å²) in [5.74, 6) is 0. The summed E-state index contributed by atoms with van der Waals surface area (Å²) in [5.41, 5.74) is 0.916. The third kappa shape index (κ3) is 2.32. The molecule has 21 heavy (non-hydrogen) atoms. The molecule has 2 heterocycles. The van der Waals surface area contributed by atoms with Crippen LogP contribution in [0.4, 0.5) is 8.78 Å². The molecule has 3 aromatic rings. The molecule has 3 rings (SSSR count). The Morgan fingerprint density at radius 3 is 2.57 bits per heavy atom. The standard InChI is InChI=1S/C14H7ClF2N4/c15-10-3-1-8(2-4-10)11-5-12(13(16)17)21-14(20-11)9(6-18)7-19-21/h1-5,7,13H. The summed E-state index contributed by atoms with van der Waals surface area (Å²) in [6.07, 6.45) is -1.51. The van der Waals surface area contributed by atoms with Gasteiger partial charge in [0.15, 0.2) is 5.65 Å². The van der Waals surface area contributed by atoms with Gasteiger partial charge >= 0.3 is 0 Å². The van der Waals surface area contributed by atoms with Gasteiger partial charge in [0.05, 0.1) is 11.9 Å². The molecule has 4 nitrogen and oxygen atoms in total. The number of fused-ring (bicyclic) bond motifs is 1. The maximum atomic E-state index is 13.2. The van der Waals surface area contributed by atoms with Gasteiger partial charge in [-0.05, 0) is 18.2 Å². The number of hydrogen-bond acceptors (Lipinski definition) is 3. The fourth-order valence-electron chi connectivity index (χ4n) is 1.99. The van der Waals surface area contributed by atoms with Crippen LogP contribution in [0.25, 0.3) is 16.9 Å². The predicted octanol–water partition coefficient (Wildman–Crippen LogP) is 3.86. The fourth-order valence-corrected chi connectivity index (χ4v) is 2.11. The van der Waals surface area contributed by atoms with E-state index in [9.17, 15) is 8.78 Å². The van der Waals surface area contributed by atoms with E-state index in [-0.39, 0.29) is 16.9 Å². The summed E-state index contributed by atoms with van der Waals surface area (Å²) in [5, 5.41) is 13.3. The van der Waals surface area contributed by atoms with Crippen LogP contribution < -0.4 is 0 Å². The van der Waals surface area contributed by atoms with E-state index in [1.54, 1.807) is 24.3 Å². The molecule has 2 aromatic heterocycles. The van der Waals surface area contributed by atoms with Crippen molar-refractivity contribution in [2.75, 3.05) is 0 Å². The molecular formula is C14H7ClF2N4. The van der Waals surface area contributed by atoms with E-state index in [2.05, 4.69) is 10.1 Å². The molecule has 0 unspecified atom stereocenters. The maximum Gasteiger partial charge on any atom is 0.280 e. The molecule has 0 radical (unpaired) electrons. The van der Waals surface area contributed by atoms with Crippen LogP contribution in [0.5, 0.6) is 0 Å². The van der Waals surface area contributed by atoms with Gasteiger partial charge in [-0.3, -0.25) is 0 Å². The van der Waals surface area contributed by atoms with E-state index in [0.717, 1.165) is 4.52 Å². The van der Waals surface area contributed by atoms with Gasteiger partial charge in [-0.1, -0.05) is 23.7 Å². The van der Waals surface area contributed by atoms with Gasteiger partial charge in [0.1, 0.15) is 17.3 Å². The van der Waals surface area contributed by atoms with Gasteiger partial charge in [-0.2, -0.15) is 10.4 Å². The molecular weight excluding hydrogens is 298 g/mol. The fraction of sp³-hybridized carbons (Fsp3) is 0.0714. The molecule has 0 aliphatic rings. The summed E-state index contributed by atoms with van der Waals surface area (Å²) in [7, 11) is 0. The van der Waals surface area contributed by atoms with Crippen LogP contribution >= 0.6 is 11.6 Å². The zero-order valence-corrected chi connectivity index (χ0v) is 11.2. The monoisotopic (exact) mass is 304 g/mol. The number of nitrogens with zero attached hydrogens (tertiary/aromatic N) is 4. The Morgan fingerprint density at radius 1 is 1.24 bits per heavy atom. The van der Waals surface area contributed by atoms with E-state index in [1.165, 1.54) is 12.3 Å². The minimum absolute atomic E-state index is 0.111. The number of alkyl halides is 2. The first-order chi connectivity index (χ1) is 10.1. The van der Waals surface area contributed by atoms with Crippen LogP contribution in [0.15, 0.2) is 36.5 Å². The largest absolute Gasteiger partial charge is 0.280 e. The molecule has 104 valence electrons. The van der Waals surface area contributed by atoms with Gasteiger partial charge in [0, 0.05) is 10.6 Å². The van der Waals surface area contributed by atoms with E-state index < -0.39 is 6.43 Å². The Hall–Kier alpha value is -2.52. The molecule has 0 saturated heterocycles. The highest BCUT2D eigenvalue weighted by atomic mass is 35.5. The zero-order chi connectivity index (χ0) is 15.0. The Labute approximate surface area is 123 Å². The van der Waals surface area contributed by atoms with Gasteiger partial charge < -0.3 is 0 Å². The number of nitriles is 1. The van der Waals surface area contributed by atoms with Gasteiger partial charge in [0.2, 0.25) is 0 Å². The van der Waals surface area contributed by atoms with Crippen LogP contribution in [0, 0.1) is 11.3 Å². The molecule has 0 aliphatic carbocycles. The quantitative estimate of drug-likeness (QED) is 0.722. The zero-order valence-electron chi connectivity index (χ0n) is 10.5. The van der Waals surface area contributed by atoms with Crippen molar-refractivity contribution in [2.24, 2.45) is 0 Å². The van der Waals surface area contributed by atoms with E-state index in [4.69, 9.17) is 16.9 Å². The molecule has 0 saturated carbocycles. The lowest BCUT2D eigenvalue weighted by Crippen LogP contribution is -2.02. The summed E-state index contributed by atoms with van der Waals surface area (Å²) in [6, 6.07) is 9.80. The summed E-state index contributed by atoms with van der Waals surface area (Å²) < 4.78 is 27.3. The van der Waals surface area contributed by atoms with Crippen LogP contribution in [0.1, 0.15) is 17.7 Å². The average Bonchev–Trinajstić information content (AvgIpc) is 2.89. The number of aromatic nitrogens is 3.